The van der Waals surface area contributed by atoms with E-state index in [1.165, 1.54) is 0 Å². The number of hydrogen-bond acceptors (Lipinski definition) is 2. The van der Waals surface area contributed by atoms with Crippen molar-refractivity contribution in [3.8, 4) is 0 Å². The van der Waals surface area contributed by atoms with Crippen LogP contribution in [0.4, 0.5) is 0 Å². The molecule has 3 N–H and O–H groups in total. The first-order valence-electron chi connectivity index (χ1n) is 3.39. The highest BCUT2D eigenvalue weighted by Crippen LogP contribution is 1.91. The van der Waals surface area contributed by atoms with E-state index < -0.39 is 0 Å². The summed E-state index contributed by atoms with van der Waals surface area (Å²) in [5.74, 6) is 0.179. The minimum Gasteiger partial charge on any atom is -0.369 e. The van der Waals surface area contributed by atoms with Gasteiger partial charge in [0.2, 0.25) is 0 Å². The molecule has 0 rings (SSSR count). The predicted molar refractivity (Wildman–Crippen MR) is 55.9 cm³/mol. The molecular formula is C7H13BrN4. The molecule has 0 saturated heterocycles. The molecule has 0 fully saturated rings. The Labute approximate surface area is 80.8 Å². The Morgan fingerprint density at radius 2 is 2.25 bits per heavy atom. The summed E-state index contributed by atoms with van der Waals surface area (Å²) in [5.41, 5.74) is 5.37. The van der Waals surface area contributed by atoms with Crippen LogP contribution in [0.2, 0.25) is 0 Å². The molecule has 0 aromatic rings. The van der Waals surface area contributed by atoms with Crippen LogP contribution in [0.5, 0.6) is 0 Å². The quantitative estimate of drug-likeness (QED) is 0.327. The molecule has 0 saturated carbocycles. The van der Waals surface area contributed by atoms with Crippen LogP contribution < -0.4 is 5.73 Å². The van der Waals surface area contributed by atoms with Crippen molar-refractivity contribution < 1.29 is 0 Å². The lowest BCUT2D eigenvalue weighted by atomic mass is 10.5. The minimum absolute atomic E-state index is 0.179. The van der Waals surface area contributed by atoms with Crippen molar-refractivity contribution in [3.63, 3.8) is 0 Å². The Kier molecular flexibility index (Phi) is 5.57. The van der Waals surface area contributed by atoms with Gasteiger partial charge in [-0.3, -0.25) is 5.41 Å². The van der Waals surface area contributed by atoms with Crippen LogP contribution in [-0.4, -0.2) is 36.1 Å². The van der Waals surface area contributed by atoms with Crippen LogP contribution >= 0.6 is 15.9 Å². The molecular weight excluding hydrogens is 220 g/mol. The van der Waals surface area contributed by atoms with Crippen LogP contribution in [0, 0.1) is 5.41 Å². The first kappa shape index (κ1) is 11.3. The van der Waals surface area contributed by atoms with Crippen molar-refractivity contribution in [2.75, 3.05) is 14.1 Å². The van der Waals surface area contributed by atoms with Crippen molar-refractivity contribution in [3.05, 3.63) is 12.2 Å². The van der Waals surface area contributed by atoms with Gasteiger partial charge in [0, 0.05) is 14.1 Å². The Morgan fingerprint density at radius 1 is 1.67 bits per heavy atom. The fourth-order valence-electron chi connectivity index (χ4n) is 0.404. The zero-order valence-corrected chi connectivity index (χ0v) is 8.75. The van der Waals surface area contributed by atoms with E-state index in [1.54, 1.807) is 23.4 Å². The van der Waals surface area contributed by atoms with Gasteiger partial charge in [-0.25, -0.2) is 4.99 Å². The molecule has 0 bridgehead atoms. The van der Waals surface area contributed by atoms with Gasteiger partial charge in [0.25, 0.3) is 0 Å². The summed E-state index contributed by atoms with van der Waals surface area (Å²) in [5, 5.41) is 7.29. The standard InChI is InChI=1S/C7H13BrN4/c1-12(2)5-11-7(10)4-3-6(8)9/h3-6,10H,9H2,1-2H3/b4-3-,10-7?,11-5?. The molecule has 12 heavy (non-hydrogen) atoms. The molecule has 0 radical (unpaired) electrons. The first-order valence-corrected chi connectivity index (χ1v) is 4.31. The maximum atomic E-state index is 7.29. The third-order valence-corrected chi connectivity index (χ3v) is 1.17. The van der Waals surface area contributed by atoms with Crippen molar-refractivity contribution in [2.45, 2.75) is 4.95 Å². The molecule has 0 aliphatic rings. The SMILES string of the molecule is CN(C)C=NC(=N)/C=C\C(N)Br. The van der Waals surface area contributed by atoms with Gasteiger partial charge in [0.15, 0.2) is 0 Å². The number of halogens is 1. The Balaban J connectivity index is 3.90. The van der Waals surface area contributed by atoms with Crippen molar-refractivity contribution in [2.24, 2.45) is 10.7 Å². The van der Waals surface area contributed by atoms with E-state index in [4.69, 9.17) is 11.1 Å². The third kappa shape index (κ3) is 7.43. The fraction of sp³-hybridized carbons (Fsp3) is 0.429. The summed E-state index contributed by atoms with van der Waals surface area (Å²) in [6.07, 6.45) is 4.75. The molecule has 0 spiro atoms. The fourth-order valence-corrected chi connectivity index (χ4v) is 0.556. The molecule has 0 aromatic heterocycles. The summed E-state index contributed by atoms with van der Waals surface area (Å²) in [4.78, 5) is 5.36. The van der Waals surface area contributed by atoms with Crippen LogP contribution in [0.1, 0.15) is 0 Å². The van der Waals surface area contributed by atoms with Crippen molar-refractivity contribution in [1.82, 2.24) is 4.90 Å². The van der Waals surface area contributed by atoms with E-state index in [-0.39, 0.29) is 10.8 Å². The summed E-state index contributed by atoms with van der Waals surface area (Å²) >= 11 is 3.11. The average molecular weight is 233 g/mol. The molecule has 0 heterocycles. The second kappa shape index (κ2) is 5.91. The second-order valence-corrected chi connectivity index (χ2v) is 3.45. The highest BCUT2D eigenvalue weighted by atomic mass is 79.9. The number of aliphatic imine (C=N–C) groups is 1. The molecule has 1 atom stereocenters. The Morgan fingerprint density at radius 3 is 2.67 bits per heavy atom. The van der Waals surface area contributed by atoms with Gasteiger partial charge in [-0.2, -0.15) is 0 Å². The topological polar surface area (TPSA) is 65.5 Å². The Bertz CT molecular complexity index is 176. The van der Waals surface area contributed by atoms with Gasteiger partial charge >= 0.3 is 0 Å². The third-order valence-electron chi connectivity index (χ3n) is 0.866. The zero-order chi connectivity index (χ0) is 9.56. The number of hydrogen-bond donors (Lipinski definition) is 2. The van der Waals surface area contributed by atoms with Gasteiger partial charge in [0.1, 0.15) is 5.84 Å². The highest BCUT2D eigenvalue weighted by molar-refractivity contribution is 9.09. The van der Waals surface area contributed by atoms with Crippen LogP contribution in [0.15, 0.2) is 17.1 Å². The molecule has 4 nitrogen and oxygen atoms in total. The van der Waals surface area contributed by atoms with E-state index in [0.29, 0.717) is 0 Å². The maximum Gasteiger partial charge on any atom is 0.145 e. The maximum absolute atomic E-state index is 7.29. The molecule has 5 heteroatoms. The molecule has 0 aliphatic carbocycles. The number of alkyl halides is 1. The molecule has 0 aliphatic heterocycles. The van der Waals surface area contributed by atoms with Gasteiger partial charge < -0.3 is 10.6 Å². The lowest BCUT2D eigenvalue weighted by Gasteiger charge is -2.00. The van der Waals surface area contributed by atoms with E-state index >= 15 is 0 Å². The van der Waals surface area contributed by atoms with Gasteiger partial charge in [0.05, 0.1) is 11.3 Å². The lowest BCUT2D eigenvalue weighted by molar-refractivity contribution is 0.644. The lowest BCUT2D eigenvalue weighted by Crippen LogP contribution is -2.09. The first-order chi connectivity index (χ1) is 5.52. The second-order valence-electron chi connectivity index (χ2n) is 2.40. The molecule has 1 unspecified atom stereocenters. The number of nitrogens with two attached hydrogens (primary N) is 1. The van der Waals surface area contributed by atoms with E-state index in [9.17, 15) is 0 Å². The number of nitrogens with one attached hydrogen (secondary N) is 1. The summed E-state index contributed by atoms with van der Waals surface area (Å²) < 4.78 is 0. The largest absolute Gasteiger partial charge is 0.369 e. The van der Waals surface area contributed by atoms with E-state index in [0.717, 1.165) is 0 Å². The molecule has 68 valence electrons. The van der Waals surface area contributed by atoms with E-state index in [2.05, 4.69) is 20.9 Å². The summed E-state index contributed by atoms with van der Waals surface area (Å²) in [6, 6.07) is 0. The van der Waals surface area contributed by atoms with E-state index in [1.807, 2.05) is 14.1 Å². The average Bonchev–Trinajstić information content (AvgIpc) is 1.96. The monoisotopic (exact) mass is 232 g/mol. The van der Waals surface area contributed by atoms with Crippen LogP contribution in [0.3, 0.4) is 0 Å². The van der Waals surface area contributed by atoms with Crippen LogP contribution in [0.25, 0.3) is 0 Å². The number of amidine groups is 1. The highest BCUT2D eigenvalue weighted by Gasteiger charge is 1.88. The minimum atomic E-state index is -0.215. The van der Waals surface area contributed by atoms with Crippen molar-refractivity contribution >= 4 is 28.1 Å². The zero-order valence-electron chi connectivity index (χ0n) is 7.16. The summed E-state index contributed by atoms with van der Waals surface area (Å²) in [6.45, 7) is 0. The van der Waals surface area contributed by atoms with Gasteiger partial charge in [-0.1, -0.05) is 22.0 Å². The number of nitrogens with zero attached hydrogens (tertiary/aromatic N) is 2. The predicted octanol–water partition coefficient (Wildman–Crippen LogP) is 0.789. The smallest absolute Gasteiger partial charge is 0.145 e. The number of rotatable bonds is 3. The normalized spacial score (nSPS) is 14.0. The Hall–Kier alpha value is -0.680. The van der Waals surface area contributed by atoms with Crippen LogP contribution in [-0.2, 0) is 0 Å². The molecule has 0 amide bonds. The van der Waals surface area contributed by atoms with Gasteiger partial charge in [-0.15, -0.1) is 0 Å². The van der Waals surface area contributed by atoms with Crippen molar-refractivity contribution in [1.29, 1.82) is 5.41 Å². The molecule has 0 aromatic carbocycles. The summed E-state index contributed by atoms with van der Waals surface area (Å²) in [7, 11) is 3.69. The van der Waals surface area contributed by atoms with Gasteiger partial charge in [-0.05, 0) is 6.08 Å².